The maximum atomic E-state index is 10.8. The molecule has 0 atom stereocenters. The number of benzene rings is 1. The predicted octanol–water partition coefficient (Wildman–Crippen LogP) is 2.37. The molecule has 1 heterocycles. The highest BCUT2D eigenvalue weighted by Crippen LogP contribution is 2.20. The van der Waals surface area contributed by atoms with Crippen LogP contribution >= 0.6 is 0 Å². The van der Waals surface area contributed by atoms with E-state index in [1.165, 1.54) is 17.7 Å². The summed E-state index contributed by atoms with van der Waals surface area (Å²) in [7, 11) is 0. The molecule has 0 fully saturated rings. The van der Waals surface area contributed by atoms with Crippen molar-refractivity contribution < 1.29 is 14.6 Å². The number of carboxylic acid groups (broad SMARTS) is 1. The van der Waals surface area contributed by atoms with Gasteiger partial charge >= 0.3 is 5.97 Å². The number of anilines is 1. The summed E-state index contributed by atoms with van der Waals surface area (Å²) < 4.78 is 5.55. The summed E-state index contributed by atoms with van der Waals surface area (Å²) in [5.74, 6) is -0.450. The Morgan fingerprint density at radius 1 is 1.25 bits per heavy atom. The minimum atomic E-state index is -1.04. The van der Waals surface area contributed by atoms with Crippen LogP contribution in [0.5, 0.6) is 5.75 Å². The highest BCUT2D eigenvalue weighted by atomic mass is 16.5. The first-order chi connectivity index (χ1) is 9.66. The number of pyridine rings is 1. The van der Waals surface area contributed by atoms with Crippen LogP contribution in [0.1, 0.15) is 22.3 Å². The third kappa shape index (κ3) is 3.71. The molecule has 0 unspecified atom stereocenters. The molecule has 0 spiro atoms. The second-order valence-corrected chi connectivity index (χ2v) is 4.36. The normalized spacial score (nSPS) is 10.2. The van der Waals surface area contributed by atoms with E-state index in [-0.39, 0.29) is 11.3 Å². The summed E-state index contributed by atoms with van der Waals surface area (Å²) in [5.41, 5.74) is 7.17. The molecule has 5 nitrogen and oxygen atoms in total. The number of nitrogens with two attached hydrogens (primary N) is 1. The number of aromatic nitrogens is 1. The Morgan fingerprint density at radius 2 is 2.00 bits per heavy atom. The van der Waals surface area contributed by atoms with E-state index in [0.717, 1.165) is 12.8 Å². The fraction of sp³-hybridized carbons (Fsp3) is 0.200. The van der Waals surface area contributed by atoms with Crippen molar-refractivity contribution >= 4 is 11.7 Å². The highest BCUT2D eigenvalue weighted by molar-refractivity contribution is 5.93. The Bertz CT molecular complexity index is 585. The SMILES string of the molecule is Nc1cc(OCCCc2ccncc2)ccc1C(=O)O. The molecule has 3 N–H and O–H groups in total. The number of hydrogen-bond donors (Lipinski definition) is 2. The monoisotopic (exact) mass is 272 g/mol. The van der Waals surface area contributed by atoms with Crippen molar-refractivity contribution in [2.75, 3.05) is 12.3 Å². The Labute approximate surface area is 117 Å². The largest absolute Gasteiger partial charge is 0.494 e. The van der Waals surface area contributed by atoms with Crippen LogP contribution in [0.3, 0.4) is 0 Å². The average Bonchev–Trinajstić information content (AvgIpc) is 2.44. The van der Waals surface area contributed by atoms with Crippen LogP contribution in [0, 0.1) is 0 Å². The van der Waals surface area contributed by atoms with Gasteiger partial charge < -0.3 is 15.6 Å². The van der Waals surface area contributed by atoms with Gasteiger partial charge in [0.15, 0.2) is 0 Å². The summed E-state index contributed by atoms with van der Waals surface area (Å²) in [6.07, 6.45) is 5.30. The van der Waals surface area contributed by atoms with Crippen molar-refractivity contribution in [3.05, 3.63) is 53.9 Å². The van der Waals surface area contributed by atoms with Gasteiger partial charge in [0.05, 0.1) is 12.2 Å². The van der Waals surface area contributed by atoms with Crippen LogP contribution in [0.2, 0.25) is 0 Å². The number of ether oxygens (including phenoxy) is 1. The van der Waals surface area contributed by atoms with Gasteiger partial charge in [-0.25, -0.2) is 4.79 Å². The molecule has 0 saturated carbocycles. The Balaban J connectivity index is 1.83. The van der Waals surface area contributed by atoms with Crippen molar-refractivity contribution in [1.82, 2.24) is 4.98 Å². The van der Waals surface area contributed by atoms with Gasteiger partial charge in [-0.3, -0.25) is 4.98 Å². The summed E-state index contributed by atoms with van der Waals surface area (Å²) in [5, 5.41) is 8.87. The van der Waals surface area contributed by atoms with Gasteiger partial charge in [-0.05, 0) is 42.7 Å². The summed E-state index contributed by atoms with van der Waals surface area (Å²) in [6.45, 7) is 0.550. The molecule has 1 aromatic heterocycles. The molecular formula is C15H16N2O3. The summed E-state index contributed by atoms with van der Waals surface area (Å²) in [6, 6.07) is 8.55. The van der Waals surface area contributed by atoms with Crippen LogP contribution in [0.15, 0.2) is 42.7 Å². The Kier molecular flexibility index (Phi) is 4.55. The molecular weight excluding hydrogens is 256 g/mol. The third-order valence-corrected chi connectivity index (χ3v) is 2.88. The van der Waals surface area contributed by atoms with Crippen LogP contribution in [-0.2, 0) is 6.42 Å². The quantitative estimate of drug-likeness (QED) is 0.623. The van der Waals surface area contributed by atoms with E-state index >= 15 is 0 Å². The third-order valence-electron chi connectivity index (χ3n) is 2.88. The topological polar surface area (TPSA) is 85.4 Å². The first-order valence-corrected chi connectivity index (χ1v) is 6.31. The first-order valence-electron chi connectivity index (χ1n) is 6.31. The Hall–Kier alpha value is -2.56. The molecule has 0 aliphatic heterocycles. The van der Waals surface area contributed by atoms with E-state index < -0.39 is 5.97 Å². The van der Waals surface area contributed by atoms with Crippen molar-refractivity contribution in [2.24, 2.45) is 0 Å². The van der Waals surface area contributed by atoms with E-state index in [9.17, 15) is 4.79 Å². The number of nitrogen functional groups attached to an aromatic ring is 1. The molecule has 0 aliphatic rings. The number of aryl methyl sites for hydroxylation is 1. The van der Waals surface area contributed by atoms with Crippen molar-refractivity contribution in [1.29, 1.82) is 0 Å². The number of aromatic carboxylic acids is 1. The van der Waals surface area contributed by atoms with Gasteiger partial charge in [0.1, 0.15) is 5.75 Å². The van der Waals surface area contributed by atoms with Gasteiger partial charge in [0, 0.05) is 24.1 Å². The van der Waals surface area contributed by atoms with E-state index in [1.54, 1.807) is 18.5 Å². The smallest absolute Gasteiger partial charge is 0.337 e. The fourth-order valence-corrected chi connectivity index (χ4v) is 1.84. The van der Waals surface area contributed by atoms with E-state index in [1.807, 2.05) is 12.1 Å². The average molecular weight is 272 g/mol. The first kappa shape index (κ1) is 13.9. The molecule has 5 heteroatoms. The lowest BCUT2D eigenvalue weighted by molar-refractivity contribution is 0.0698. The standard InChI is InChI=1S/C15H16N2O3/c16-14-10-12(3-4-13(14)15(18)19)20-9-1-2-11-5-7-17-8-6-11/h3-8,10H,1-2,9,16H2,(H,18,19). The lowest BCUT2D eigenvalue weighted by Gasteiger charge is -2.08. The molecule has 20 heavy (non-hydrogen) atoms. The molecule has 2 rings (SSSR count). The molecule has 0 bridgehead atoms. The molecule has 0 aliphatic carbocycles. The second-order valence-electron chi connectivity index (χ2n) is 4.36. The van der Waals surface area contributed by atoms with Gasteiger partial charge in [-0.2, -0.15) is 0 Å². The van der Waals surface area contributed by atoms with Crippen LogP contribution < -0.4 is 10.5 Å². The van der Waals surface area contributed by atoms with Gasteiger partial charge in [0.2, 0.25) is 0 Å². The highest BCUT2D eigenvalue weighted by Gasteiger charge is 2.08. The molecule has 0 saturated heterocycles. The molecule has 0 amide bonds. The zero-order valence-corrected chi connectivity index (χ0v) is 11.0. The lowest BCUT2D eigenvalue weighted by atomic mass is 10.1. The van der Waals surface area contributed by atoms with Gasteiger partial charge in [0.25, 0.3) is 0 Å². The number of nitrogens with zero attached hydrogens (tertiary/aromatic N) is 1. The Morgan fingerprint density at radius 3 is 2.65 bits per heavy atom. The fourth-order valence-electron chi connectivity index (χ4n) is 1.84. The maximum absolute atomic E-state index is 10.8. The van der Waals surface area contributed by atoms with Crippen molar-refractivity contribution in [3.8, 4) is 5.75 Å². The summed E-state index contributed by atoms with van der Waals surface area (Å²) in [4.78, 5) is 14.8. The van der Waals surface area contributed by atoms with Crippen LogP contribution in [-0.4, -0.2) is 22.7 Å². The minimum absolute atomic E-state index is 0.0918. The molecule has 0 radical (unpaired) electrons. The molecule has 1 aromatic carbocycles. The van der Waals surface area contributed by atoms with E-state index in [2.05, 4.69) is 4.98 Å². The van der Waals surface area contributed by atoms with Gasteiger partial charge in [-0.1, -0.05) is 0 Å². The van der Waals surface area contributed by atoms with Gasteiger partial charge in [-0.15, -0.1) is 0 Å². The van der Waals surface area contributed by atoms with Crippen molar-refractivity contribution in [2.45, 2.75) is 12.8 Å². The maximum Gasteiger partial charge on any atom is 0.337 e. The lowest BCUT2D eigenvalue weighted by Crippen LogP contribution is -2.04. The van der Waals surface area contributed by atoms with Crippen molar-refractivity contribution in [3.63, 3.8) is 0 Å². The van der Waals surface area contributed by atoms with E-state index in [4.69, 9.17) is 15.6 Å². The minimum Gasteiger partial charge on any atom is -0.494 e. The number of carbonyl (C=O) groups is 1. The van der Waals surface area contributed by atoms with Crippen LogP contribution in [0.25, 0.3) is 0 Å². The molecule has 104 valence electrons. The number of carboxylic acids is 1. The number of rotatable bonds is 6. The predicted molar refractivity (Wildman–Crippen MR) is 75.9 cm³/mol. The van der Waals surface area contributed by atoms with E-state index in [0.29, 0.717) is 12.4 Å². The zero-order chi connectivity index (χ0) is 14.4. The second kappa shape index (κ2) is 6.56. The number of hydrogen-bond acceptors (Lipinski definition) is 4. The summed E-state index contributed by atoms with van der Waals surface area (Å²) >= 11 is 0. The van der Waals surface area contributed by atoms with Crippen LogP contribution in [0.4, 0.5) is 5.69 Å². The zero-order valence-electron chi connectivity index (χ0n) is 11.0. The molecule has 2 aromatic rings.